The van der Waals surface area contributed by atoms with Crippen LogP contribution in [-0.2, 0) is 6.54 Å². The van der Waals surface area contributed by atoms with Crippen LogP contribution < -0.4 is 15.4 Å². The van der Waals surface area contributed by atoms with E-state index < -0.39 is 12.6 Å². The Bertz CT molecular complexity index is 512. The maximum atomic E-state index is 12.1. The largest absolute Gasteiger partial charge is 0.477 e. The Balaban J connectivity index is 1.70. The van der Waals surface area contributed by atoms with Crippen molar-refractivity contribution in [2.24, 2.45) is 10.9 Å². The highest BCUT2D eigenvalue weighted by molar-refractivity contribution is 5.79. The van der Waals surface area contributed by atoms with Crippen LogP contribution in [0.1, 0.15) is 24.8 Å². The molecule has 23 heavy (non-hydrogen) atoms. The van der Waals surface area contributed by atoms with E-state index in [1.165, 1.54) is 19.9 Å². The molecule has 1 saturated carbocycles. The van der Waals surface area contributed by atoms with Crippen LogP contribution in [0, 0.1) is 5.92 Å². The SMILES string of the molecule is CN=C(NCCC(F)(F)F)NCc1ccc(OCC2CC2)nc1. The highest BCUT2D eigenvalue weighted by atomic mass is 19.4. The number of aromatic nitrogens is 1. The van der Waals surface area contributed by atoms with E-state index in [0.29, 0.717) is 30.9 Å². The fourth-order valence-corrected chi connectivity index (χ4v) is 1.82. The minimum atomic E-state index is -4.17. The number of aliphatic imine (C=N–C) groups is 1. The summed E-state index contributed by atoms with van der Waals surface area (Å²) in [5.74, 6) is 1.58. The van der Waals surface area contributed by atoms with Gasteiger partial charge in [-0.05, 0) is 24.3 Å². The Hall–Kier alpha value is -1.99. The molecule has 0 spiro atoms. The lowest BCUT2D eigenvalue weighted by Gasteiger charge is -2.13. The van der Waals surface area contributed by atoms with Crippen molar-refractivity contribution in [3.05, 3.63) is 23.9 Å². The predicted octanol–water partition coefficient (Wildman–Crippen LogP) is 2.49. The summed E-state index contributed by atoms with van der Waals surface area (Å²) in [7, 11) is 1.51. The molecular weight excluding hydrogens is 309 g/mol. The van der Waals surface area contributed by atoms with Gasteiger partial charge in [0.15, 0.2) is 5.96 Å². The summed E-state index contributed by atoms with van der Waals surface area (Å²) in [6.07, 6.45) is -0.947. The third kappa shape index (κ3) is 7.21. The van der Waals surface area contributed by atoms with Gasteiger partial charge in [-0.3, -0.25) is 4.99 Å². The number of hydrogen-bond acceptors (Lipinski definition) is 3. The summed E-state index contributed by atoms with van der Waals surface area (Å²) in [5, 5.41) is 5.56. The van der Waals surface area contributed by atoms with Crippen LogP contribution in [0.5, 0.6) is 5.88 Å². The van der Waals surface area contributed by atoms with Crippen molar-refractivity contribution in [3.63, 3.8) is 0 Å². The van der Waals surface area contributed by atoms with E-state index in [1.54, 1.807) is 12.3 Å². The Labute approximate surface area is 133 Å². The van der Waals surface area contributed by atoms with Crippen LogP contribution in [0.15, 0.2) is 23.3 Å². The molecule has 0 unspecified atom stereocenters. The molecule has 1 aromatic heterocycles. The summed E-state index contributed by atoms with van der Waals surface area (Å²) in [6.45, 7) is 0.914. The van der Waals surface area contributed by atoms with Crippen molar-refractivity contribution in [2.75, 3.05) is 20.2 Å². The minimum Gasteiger partial charge on any atom is -0.477 e. The number of nitrogens with one attached hydrogen (secondary N) is 2. The van der Waals surface area contributed by atoms with E-state index in [4.69, 9.17) is 4.74 Å². The zero-order chi connectivity index (χ0) is 16.7. The second-order valence-electron chi connectivity index (χ2n) is 5.48. The molecule has 0 aliphatic heterocycles. The Morgan fingerprint density at radius 3 is 2.70 bits per heavy atom. The summed E-state index contributed by atoms with van der Waals surface area (Å²) in [5.41, 5.74) is 0.891. The quantitative estimate of drug-likeness (QED) is 0.596. The molecule has 0 radical (unpaired) electrons. The summed E-state index contributed by atoms with van der Waals surface area (Å²) in [4.78, 5) is 8.08. The molecule has 1 aliphatic carbocycles. The summed E-state index contributed by atoms with van der Waals surface area (Å²) >= 11 is 0. The van der Waals surface area contributed by atoms with E-state index in [0.717, 1.165) is 5.56 Å². The number of hydrogen-bond donors (Lipinski definition) is 2. The number of rotatable bonds is 7. The molecule has 128 valence electrons. The third-order valence-electron chi connectivity index (χ3n) is 3.35. The zero-order valence-corrected chi connectivity index (χ0v) is 13.0. The number of halogens is 3. The van der Waals surface area contributed by atoms with E-state index in [-0.39, 0.29) is 6.54 Å². The average Bonchev–Trinajstić information content (AvgIpc) is 3.33. The first-order chi connectivity index (χ1) is 11.0. The van der Waals surface area contributed by atoms with Crippen LogP contribution in [0.25, 0.3) is 0 Å². The van der Waals surface area contributed by atoms with Crippen molar-refractivity contribution in [1.82, 2.24) is 15.6 Å². The number of alkyl halides is 3. The molecule has 0 aromatic carbocycles. The smallest absolute Gasteiger partial charge is 0.390 e. The topological polar surface area (TPSA) is 58.5 Å². The highest BCUT2D eigenvalue weighted by Crippen LogP contribution is 2.29. The second kappa shape index (κ2) is 8.03. The van der Waals surface area contributed by atoms with Gasteiger partial charge in [0.05, 0.1) is 13.0 Å². The van der Waals surface area contributed by atoms with Crippen LogP contribution in [0.4, 0.5) is 13.2 Å². The molecule has 0 amide bonds. The normalized spacial score (nSPS) is 15.4. The molecule has 1 heterocycles. The second-order valence-corrected chi connectivity index (χ2v) is 5.48. The molecule has 0 saturated heterocycles. The monoisotopic (exact) mass is 330 g/mol. The molecule has 8 heteroatoms. The lowest BCUT2D eigenvalue weighted by Crippen LogP contribution is -2.38. The lowest BCUT2D eigenvalue weighted by atomic mass is 10.3. The van der Waals surface area contributed by atoms with E-state index >= 15 is 0 Å². The molecule has 0 bridgehead atoms. The number of guanidine groups is 1. The molecular formula is C15H21F3N4O. The van der Waals surface area contributed by atoms with Crippen molar-refractivity contribution >= 4 is 5.96 Å². The van der Waals surface area contributed by atoms with Crippen molar-refractivity contribution in [1.29, 1.82) is 0 Å². The summed E-state index contributed by atoms with van der Waals surface area (Å²) in [6, 6.07) is 3.66. The van der Waals surface area contributed by atoms with Crippen LogP contribution in [-0.4, -0.2) is 37.3 Å². The Kier molecular flexibility index (Phi) is 6.06. The molecule has 2 N–H and O–H groups in total. The molecule has 1 fully saturated rings. The van der Waals surface area contributed by atoms with Crippen LogP contribution in [0.3, 0.4) is 0 Å². The zero-order valence-electron chi connectivity index (χ0n) is 13.0. The van der Waals surface area contributed by atoms with Crippen LogP contribution in [0.2, 0.25) is 0 Å². The van der Waals surface area contributed by atoms with Gasteiger partial charge in [-0.15, -0.1) is 0 Å². The Morgan fingerprint density at radius 2 is 2.13 bits per heavy atom. The van der Waals surface area contributed by atoms with Crippen molar-refractivity contribution in [3.8, 4) is 5.88 Å². The fraction of sp³-hybridized carbons (Fsp3) is 0.600. The molecule has 2 rings (SSSR count). The number of ether oxygens (including phenoxy) is 1. The number of nitrogens with zero attached hydrogens (tertiary/aromatic N) is 2. The van der Waals surface area contributed by atoms with Gasteiger partial charge in [-0.25, -0.2) is 4.98 Å². The maximum Gasteiger partial charge on any atom is 0.390 e. The van der Waals surface area contributed by atoms with Crippen molar-refractivity contribution < 1.29 is 17.9 Å². The fourth-order valence-electron chi connectivity index (χ4n) is 1.82. The van der Waals surface area contributed by atoms with E-state index in [9.17, 15) is 13.2 Å². The predicted molar refractivity (Wildman–Crippen MR) is 81.3 cm³/mol. The number of pyridine rings is 1. The van der Waals surface area contributed by atoms with Crippen molar-refractivity contribution in [2.45, 2.75) is 32.0 Å². The van der Waals surface area contributed by atoms with Gasteiger partial charge in [0.2, 0.25) is 5.88 Å². The molecule has 1 aliphatic rings. The molecule has 1 aromatic rings. The Morgan fingerprint density at radius 1 is 1.35 bits per heavy atom. The van der Waals surface area contributed by atoms with Gasteiger partial charge in [-0.1, -0.05) is 6.07 Å². The van der Waals surface area contributed by atoms with Gasteiger partial charge in [0.25, 0.3) is 0 Å². The summed E-state index contributed by atoms with van der Waals surface area (Å²) < 4.78 is 41.8. The first kappa shape index (κ1) is 17.4. The highest BCUT2D eigenvalue weighted by Gasteiger charge is 2.26. The van der Waals surface area contributed by atoms with E-state index in [1.807, 2.05) is 6.07 Å². The van der Waals surface area contributed by atoms with Gasteiger partial charge < -0.3 is 15.4 Å². The van der Waals surface area contributed by atoms with Crippen LogP contribution >= 0.6 is 0 Å². The maximum absolute atomic E-state index is 12.1. The lowest BCUT2D eigenvalue weighted by molar-refractivity contribution is -0.132. The van der Waals surface area contributed by atoms with Gasteiger partial charge in [-0.2, -0.15) is 13.2 Å². The first-order valence-corrected chi connectivity index (χ1v) is 7.55. The van der Waals surface area contributed by atoms with Gasteiger partial charge in [0, 0.05) is 32.4 Å². The van der Waals surface area contributed by atoms with Gasteiger partial charge >= 0.3 is 6.18 Å². The average molecular weight is 330 g/mol. The first-order valence-electron chi connectivity index (χ1n) is 7.55. The molecule has 0 atom stereocenters. The third-order valence-corrected chi connectivity index (χ3v) is 3.35. The minimum absolute atomic E-state index is 0.213. The standard InChI is InChI=1S/C15H21F3N4O/c1-19-14(20-7-6-15(16,17)18)22-9-12-4-5-13(21-8-12)23-10-11-2-3-11/h4-5,8,11H,2-3,6-7,9-10H2,1H3,(H2,19,20,22). The van der Waals surface area contributed by atoms with E-state index in [2.05, 4.69) is 20.6 Å². The van der Waals surface area contributed by atoms with Gasteiger partial charge in [0.1, 0.15) is 0 Å². The molecule has 5 nitrogen and oxygen atoms in total.